The third-order valence-corrected chi connectivity index (χ3v) is 4.44. The standard InChI is InChI=1S/C19H26N6O/c1-14-12-17(24-19(20-2)21-14)22-16-8-10-25(11-9-16)13-18(26)23-15-6-4-3-5-7-15/h3-7,12,16H,8-11,13H2,1-2H3,(H,23,26)(H2,20,21,22,24). The second-order valence-corrected chi connectivity index (χ2v) is 6.58. The maximum absolute atomic E-state index is 12.2. The van der Waals surface area contributed by atoms with Crippen LogP contribution in [-0.4, -0.2) is 53.5 Å². The molecule has 0 bridgehead atoms. The molecular weight excluding hydrogens is 328 g/mol. The second kappa shape index (κ2) is 8.62. The van der Waals surface area contributed by atoms with Crippen molar-refractivity contribution in [3.63, 3.8) is 0 Å². The molecule has 7 heteroatoms. The molecule has 3 rings (SSSR count). The van der Waals surface area contributed by atoms with E-state index >= 15 is 0 Å². The van der Waals surface area contributed by atoms with E-state index < -0.39 is 0 Å². The lowest BCUT2D eigenvalue weighted by Gasteiger charge is -2.32. The van der Waals surface area contributed by atoms with Gasteiger partial charge in [-0.3, -0.25) is 9.69 Å². The Hall–Kier alpha value is -2.67. The van der Waals surface area contributed by atoms with E-state index in [-0.39, 0.29) is 5.91 Å². The van der Waals surface area contributed by atoms with Gasteiger partial charge < -0.3 is 16.0 Å². The first-order chi connectivity index (χ1) is 12.6. The van der Waals surface area contributed by atoms with Crippen molar-refractivity contribution < 1.29 is 4.79 Å². The first kappa shape index (κ1) is 18.1. The van der Waals surface area contributed by atoms with Crippen LogP contribution in [0.15, 0.2) is 36.4 Å². The minimum absolute atomic E-state index is 0.0349. The molecule has 1 aromatic carbocycles. The van der Waals surface area contributed by atoms with Gasteiger partial charge in [-0.25, -0.2) is 4.98 Å². The highest BCUT2D eigenvalue weighted by molar-refractivity contribution is 5.92. The average Bonchev–Trinajstić information content (AvgIpc) is 2.63. The maximum Gasteiger partial charge on any atom is 0.238 e. The smallest absolute Gasteiger partial charge is 0.238 e. The number of anilines is 3. The molecule has 0 radical (unpaired) electrons. The number of nitrogens with zero attached hydrogens (tertiary/aromatic N) is 3. The molecule has 26 heavy (non-hydrogen) atoms. The van der Waals surface area contributed by atoms with Gasteiger partial charge in [0.2, 0.25) is 11.9 Å². The summed E-state index contributed by atoms with van der Waals surface area (Å²) in [7, 11) is 1.82. The number of benzene rings is 1. The van der Waals surface area contributed by atoms with Crippen molar-refractivity contribution in [3.8, 4) is 0 Å². The van der Waals surface area contributed by atoms with Crippen LogP contribution in [0.25, 0.3) is 0 Å². The molecule has 2 heterocycles. The fourth-order valence-electron chi connectivity index (χ4n) is 3.12. The lowest BCUT2D eigenvalue weighted by atomic mass is 10.1. The number of likely N-dealkylation sites (tertiary alicyclic amines) is 1. The van der Waals surface area contributed by atoms with Gasteiger partial charge in [-0.1, -0.05) is 18.2 Å². The van der Waals surface area contributed by atoms with Crippen LogP contribution in [0.3, 0.4) is 0 Å². The molecule has 0 unspecified atom stereocenters. The van der Waals surface area contributed by atoms with Crippen LogP contribution in [0.2, 0.25) is 0 Å². The zero-order chi connectivity index (χ0) is 18.4. The average molecular weight is 354 g/mol. The van der Waals surface area contributed by atoms with Gasteiger partial charge in [0.15, 0.2) is 0 Å². The van der Waals surface area contributed by atoms with Crippen LogP contribution in [0.1, 0.15) is 18.5 Å². The summed E-state index contributed by atoms with van der Waals surface area (Å²) in [6.07, 6.45) is 1.97. The topological polar surface area (TPSA) is 82.2 Å². The molecule has 138 valence electrons. The summed E-state index contributed by atoms with van der Waals surface area (Å²) in [5, 5.41) is 9.41. The number of para-hydroxylation sites is 1. The number of amides is 1. The molecule has 7 nitrogen and oxygen atoms in total. The predicted molar refractivity (Wildman–Crippen MR) is 104 cm³/mol. The number of aryl methyl sites for hydroxylation is 1. The third kappa shape index (κ3) is 5.16. The summed E-state index contributed by atoms with van der Waals surface area (Å²) in [5.41, 5.74) is 1.77. The van der Waals surface area contributed by atoms with Crippen LogP contribution in [-0.2, 0) is 4.79 Å². The van der Waals surface area contributed by atoms with Gasteiger partial charge in [-0.15, -0.1) is 0 Å². The molecular formula is C19H26N6O. The number of aromatic nitrogens is 2. The highest BCUT2D eigenvalue weighted by atomic mass is 16.2. The lowest BCUT2D eigenvalue weighted by Crippen LogP contribution is -2.42. The fraction of sp³-hybridized carbons (Fsp3) is 0.421. The van der Waals surface area contributed by atoms with E-state index in [2.05, 4.69) is 30.8 Å². The molecule has 2 aromatic rings. The van der Waals surface area contributed by atoms with Gasteiger partial charge in [0, 0.05) is 43.6 Å². The number of carbonyl (C=O) groups is 1. The molecule has 0 atom stereocenters. The molecule has 1 aromatic heterocycles. The molecule has 1 saturated heterocycles. The zero-order valence-electron chi connectivity index (χ0n) is 15.3. The second-order valence-electron chi connectivity index (χ2n) is 6.58. The zero-order valence-corrected chi connectivity index (χ0v) is 15.3. The van der Waals surface area contributed by atoms with E-state index in [1.165, 1.54) is 0 Å². The van der Waals surface area contributed by atoms with E-state index in [1.807, 2.05) is 50.4 Å². The van der Waals surface area contributed by atoms with Crippen molar-refractivity contribution in [2.75, 3.05) is 42.6 Å². The van der Waals surface area contributed by atoms with E-state index in [0.29, 0.717) is 18.5 Å². The SMILES string of the molecule is CNc1nc(C)cc(NC2CCN(CC(=O)Nc3ccccc3)CC2)n1. The van der Waals surface area contributed by atoms with Crippen LogP contribution < -0.4 is 16.0 Å². The van der Waals surface area contributed by atoms with E-state index in [9.17, 15) is 4.79 Å². The summed E-state index contributed by atoms with van der Waals surface area (Å²) < 4.78 is 0. The van der Waals surface area contributed by atoms with E-state index in [4.69, 9.17) is 0 Å². The van der Waals surface area contributed by atoms with Crippen molar-refractivity contribution in [1.82, 2.24) is 14.9 Å². The van der Waals surface area contributed by atoms with E-state index in [0.717, 1.165) is 43.1 Å². The van der Waals surface area contributed by atoms with Crippen molar-refractivity contribution in [1.29, 1.82) is 0 Å². The lowest BCUT2D eigenvalue weighted by molar-refractivity contribution is -0.117. The number of nitrogens with one attached hydrogen (secondary N) is 3. The molecule has 1 aliphatic rings. The number of carbonyl (C=O) groups excluding carboxylic acids is 1. The summed E-state index contributed by atoms with van der Waals surface area (Å²) >= 11 is 0. The van der Waals surface area contributed by atoms with Gasteiger partial charge >= 0.3 is 0 Å². The Morgan fingerprint density at radius 1 is 1.19 bits per heavy atom. The molecule has 0 spiro atoms. The Labute approximate surface area is 154 Å². The number of hydrogen-bond donors (Lipinski definition) is 3. The van der Waals surface area contributed by atoms with Gasteiger partial charge in [0.1, 0.15) is 5.82 Å². The summed E-state index contributed by atoms with van der Waals surface area (Å²) in [5.74, 6) is 1.51. The quantitative estimate of drug-likeness (QED) is 0.739. The summed E-state index contributed by atoms with van der Waals surface area (Å²) in [6.45, 7) is 4.17. The Morgan fingerprint density at radius 2 is 1.92 bits per heavy atom. The first-order valence-electron chi connectivity index (χ1n) is 8.99. The Balaban J connectivity index is 1.45. The van der Waals surface area contributed by atoms with Gasteiger partial charge in [0.25, 0.3) is 0 Å². The first-order valence-corrected chi connectivity index (χ1v) is 8.99. The van der Waals surface area contributed by atoms with Gasteiger partial charge in [0.05, 0.1) is 6.54 Å². The number of rotatable bonds is 6. The Morgan fingerprint density at radius 3 is 2.62 bits per heavy atom. The molecule has 1 amide bonds. The molecule has 0 saturated carbocycles. The molecule has 3 N–H and O–H groups in total. The van der Waals surface area contributed by atoms with Crippen LogP contribution >= 0.6 is 0 Å². The van der Waals surface area contributed by atoms with Crippen molar-refractivity contribution >= 4 is 23.4 Å². The maximum atomic E-state index is 12.2. The molecule has 1 fully saturated rings. The largest absolute Gasteiger partial charge is 0.367 e. The molecule has 1 aliphatic heterocycles. The normalized spacial score (nSPS) is 15.5. The highest BCUT2D eigenvalue weighted by Gasteiger charge is 2.21. The van der Waals surface area contributed by atoms with Crippen LogP contribution in [0, 0.1) is 6.92 Å². The highest BCUT2D eigenvalue weighted by Crippen LogP contribution is 2.17. The summed E-state index contributed by atoms with van der Waals surface area (Å²) in [4.78, 5) is 23.1. The van der Waals surface area contributed by atoms with Crippen molar-refractivity contribution in [2.24, 2.45) is 0 Å². The predicted octanol–water partition coefficient (Wildman–Crippen LogP) is 2.34. The fourth-order valence-corrected chi connectivity index (χ4v) is 3.12. The van der Waals surface area contributed by atoms with Gasteiger partial charge in [-0.2, -0.15) is 4.98 Å². The third-order valence-electron chi connectivity index (χ3n) is 4.44. The summed E-state index contributed by atoms with van der Waals surface area (Å²) in [6, 6.07) is 11.9. The Bertz CT molecular complexity index is 728. The number of hydrogen-bond acceptors (Lipinski definition) is 6. The number of piperidine rings is 1. The Kier molecular flexibility index (Phi) is 6.01. The minimum Gasteiger partial charge on any atom is -0.367 e. The minimum atomic E-state index is 0.0349. The monoisotopic (exact) mass is 354 g/mol. The van der Waals surface area contributed by atoms with E-state index in [1.54, 1.807) is 0 Å². The van der Waals surface area contributed by atoms with Gasteiger partial charge in [-0.05, 0) is 31.9 Å². The molecule has 0 aliphatic carbocycles. The van der Waals surface area contributed by atoms with Crippen molar-refractivity contribution in [2.45, 2.75) is 25.8 Å². The van der Waals surface area contributed by atoms with Crippen LogP contribution in [0.4, 0.5) is 17.5 Å². The van der Waals surface area contributed by atoms with Crippen LogP contribution in [0.5, 0.6) is 0 Å². The van der Waals surface area contributed by atoms with Crippen molar-refractivity contribution in [3.05, 3.63) is 42.1 Å².